The fraction of sp³-hybridized carbons (Fsp3) is 0.667. The van der Waals surface area contributed by atoms with E-state index in [1.54, 1.807) is 7.11 Å². The zero-order valence-electron chi connectivity index (χ0n) is 13.9. The number of benzene rings is 1. The van der Waals surface area contributed by atoms with Gasteiger partial charge in [0, 0.05) is 18.6 Å². The summed E-state index contributed by atoms with van der Waals surface area (Å²) in [5.41, 5.74) is 1.81. The highest BCUT2D eigenvalue weighted by atomic mass is 16.5. The summed E-state index contributed by atoms with van der Waals surface area (Å²) in [6.45, 7) is 14.0. The second-order valence-electron chi connectivity index (χ2n) is 7.73. The van der Waals surface area contributed by atoms with Crippen LogP contribution in [0.2, 0.25) is 0 Å². The van der Waals surface area contributed by atoms with E-state index in [-0.39, 0.29) is 5.41 Å². The lowest BCUT2D eigenvalue weighted by molar-refractivity contribution is 0.00233. The Bertz CT molecular complexity index is 453. The number of likely N-dealkylation sites (tertiary alicyclic amines) is 1. The predicted octanol–water partition coefficient (Wildman–Crippen LogP) is 4.09. The largest absolute Gasteiger partial charge is 0.496 e. The molecule has 0 unspecified atom stereocenters. The molecule has 0 N–H and O–H groups in total. The first-order chi connectivity index (χ1) is 9.24. The van der Waals surface area contributed by atoms with Crippen molar-refractivity contribution < 1.29 is 4.74 Å². The summed E-state index contributed by atoms with van der Waals surface area (Å²) in [6.07, 6.45) is 1.22. The van der Waals surface area contributed by atoms with Crippen LogP contribution in [-0.2, 0) is 5.41 Å². The number of rotatable bonds is 4. The van der Waals surface area contributed by atoms with E-state index in [2.05, 4.69) is 57.7 Å². The Morgan fingerprint density at radius 1 is 1.10 bits per heavy atom. The number of ether oxygens (including phenoxy) is 1. The van der Waals surface area contributed by atoms with Crippen LogP contribution < -0.4 is 4.74 Å². The van der Waals surface area contributed by atoms with Crippen LogP contribution in [0.4, 0.5) is 0 Å². The first-order valence-electron chi connectivity index (χ1n) is 7.62. The van der Waals surface area contributed by atoms with Crippen LogP contribution in [0.5, 0.6) is 5.75 Å². The molecule has 112 valence electrons. The molecule has 1 fully saturated rings. The van der Waals surface area contributed by atoms with Crippen LogP contribution in [0.1, 0.15) is 46.6 Å². The van der Waals surface area contributed by atoms with Crippen molar-refractivity contribution in [3.63, 3.8) is 0 Å². The molecule has 0 bridgehead atoms. The molecular formula is C18H29NO. The van der Waals surface area contributed by atoms with Crippen LogP contribution in [0, 0.1) is 5.92 Å². The average molecular weight is 275 g/mol. The number of hydrogen-bond donors (Lipinski definition) is 0. The lowest BCUT2D eigenvalue weighted by Gasteiger charge is -2.49. The maximum atomic E-state index is 5.53. The maximum Gasteiger partial charge on any atom is 0.122 e. The number of methoxy groups -OCH3 is 1. The van der Waals surface area contributed by atoms with Gasteiger partial charge in [0.25, 0.3) is 0 Å². The molecule has 2 rings (SSSR count). The van der Waals surface area contributed by atoms with Gasteiger partial charge in [-0.1, -0.05) is 32.0 Å². The smallest absolute Gasteiger partial charge is 0.122 e. The third-order valence-electron chi connectivity index (χ3n) is 4.54. The molecule has 0 radical (unpaired) electrons. The molecule has 0 aliphatic carbocycles. The van der Waals surface area contributed by atoms with Crippen LogP contribution in [0.3, 0.4) is 0 Å². The topological polar surface area (TPSA) is 12.5 Å². The molecule has 20 heavy (non-hydrogen) atoms. The van der Waals surface area contributed by atoms with Crippen LogP contribution >= 0.6 is 0 Å². The Labute approximate surface area is 124 Å². The van der Waals surface area contributed by atoms with Gasteiger partial charge in [0.1, 0.15) is 5.75 Å². The van der Waals surface area contributed by atoms with Crippen molar-refractivity contribution in [1.29, 1.82) is 0 Å². The Morgan fingerprint density at radius 3 is 2.25 bits per heavy atom. The van der Waals surface area contributed by atoms with Gasteiger partial charge >= 0.3 is 0 Å². The summed E-state index contributed by atoms with van der Waals surface area (Å²) >= 11 is 0. The average Bonchev–Trinajstić information content (AvgIpc) is 2.32. The Morgan fingerprint density at radius 2 is 1.70 bits per heavy atom. The SMILES string of the molecule is COc1ccccc1C(C)(C)CC1CN(C(C)(C)C)C1. The van der Waals surface area contributed by atoms with Crippen molar-refractivity contribution in [3.8, 4) is 5.75 Å². The van der Waals surface area contributed by atoms with Gasteiger partial charge in [-0.15, -0.1) is 0 Å². The van der Waals surface area contributed by atoms with Gasteiger partial charge in [-0.05, 0) is 50.2 Å². The molecule has 2 nitrogen and oxygen atoms in total. The minimum Gasteiger partial charge on any atom is -0.496 e. The standard InChI is InChI=1S/C18H29NO/c1-17(2,3)19-12-14(13-19)11-18(4,5)15-9-7-8-10-16(15)20-6/h7-10,14H,11-13H2,1-6H3. The molecule has 1 aromatic carbocycles. The summed E-state index contributed by atoms with van der Waals surface area (Å²) in [4.78, 5) is 2.57. The molecular weight excluding hydrogens is 246 g/mol. The second kappa shape index (κ2) is 5.40. The van der Waals surface area contributed by atoms with Gasteiger partial charge in [-0.2, -0.15) is 0 Å². The minimum atomic E-state index is 0.168. The molecule has 1 aromatic rings. The highest BCUT2D eigenvalue weighted by Crippen LogP contribution is 2.39. The zero-order chi connectivity index (χ0) is 15.0. The zero-order valence-corrected chi connectivity index (χ0v) is 13.9. The fourth-order valence-corrected chi connectivity index (χ4v) is 3.28. The lowest BCUT2D eigenvalue weighted by Crippen LogP contribution is -2.56. The molecule has 0 amide bonds. The summed E-state index contributed by atoms with van der Waals surface area (Å²) < 4.78 is 5.53. The molecule has 1 saturated heterocycles. The van der Waals surface area contributed by atoms with E-state index >= 15 is 0 Å². The first-order valence-corrected chi connectivity index (χ1v) is 7.62. The molecule has 1 aliphatic heterocycles. The van der Waals surface area contributed by atoms with Crippen LogP contribution in [0.15, 0.2) is 24.3 Å². The van der Waals surface area contributed by atoms with E-state index < -0.39 is 0 Å². The highest BCUT2D eigenvalue weighted by Gasteiger charge is 2.38. The summed E-state index contributed by atoms with van der Waals surface area (Å²) in [6, 6.07) is 8.43. The second-order valence-corrected chi connectivity index (χ2v) is 7.73. The monoisotopic (exact) mass is 275 g/mol. The van der Waals surface area contributed by atoms with E-state index in [4.69, 9.17) is 4.74 Å². The Balaban J connectivity index is 2.02. The van der Waals surface area contributed by atoms with Crippen molar-refractivity contribution in [1.82, 2.24) is 4.90 Å². The van der Waals surface area contributed by atoms with Gasteiger partial charge in [0.15, 0.2) is 0 Å². The van der Waals surface area contributed by atoms with E-state index in [0.29, 0.717) is 5.54 Å². The van der Waals surface area contributed by atoms with Crippen LogP contribution in [0.25, 0.3) is 0 Å². The number of para-hydroxylation sites is 1. The number of hydrogen-bond acceptors (Lipinski definition) is 2. The van der Waals surface area contributed by atoms with Crippen molar-refractivity contribution in [2.45, 2.75) is 52.0 Å². The summed E-state index contributed by atoms with van der Waals surface area (Å²) in [7, 11) is 1.76. The first kappa shape index (κ1) is 15.4. The number of nitrogens with zero attached hydrogens (tertiary/aromatic N) is 1. The van der Waals surface area contributed by atoms with E-state index in [9.17, 15) is 0 Å². The highest BCUT2D eigenvalue weighted by molar-refractivity contribution is 5.38. The van der Waals surface area contributed by atoms with Gasteiger partial charge < -0.3 is 4.74 Å². The Kier molecular flexibility index (Phi) is 4.15. The van der Waals surface area contributed by atoms with Gasteiger partial charge in [0.2, 0.25) is 0 Å². The normalized spacial score (nSPS) is 17.9. The molecule has 0 aromatic heterocycles. The Hall–Kier alpha value is -1.02. The van der Waals surface area contributed by atoms with E-state index in [0.717, 1.165) is 11.7 Å². The van der Waals surface area contributed by atoms with Crippen molar-refractivity contribution in [3.05, 3.63) is 29.8 Å². The molecule has 0 spiro atoms. The van der Waals surface area contributed by atoms with E-state index in [1.807, 2.05) is 6.07 Å². The van der Waals surface area contributed by atoms with Gasteiger partial charge in [-0.25, -0.2) is 0 Å². The molecule has 1 aliphatic rings. The third kappa shape index (κ3) is 3.17. The summed E-state index contributed by atoms with van der Waals surface area (Å²) in [5.74, 6) is 1.82. The predicted molar refractivity (Wildman–Crippen MR) is 85.5 cm³/mol. The van der Waals surface area contributed by atoms with Gasteiger partial charge in [0.05, 0.1) is 7.11 Å². The molecule has 0 saturated carbocycles. The maximum absolute atomic E-state index is 5.53. The van der Waals surface area contributed by atoms with Crippen LogP contribution in [-0.4, -0.2) is 30.6 Å². The van der Waals surface area contributed by atoms with Crippen molar-refractivity contribution in [2.75, 3.05) is 20.2 Å². The van der Waals surface area contributed by atoms with E-state index in [1.165, 1.54) is 25.1 Å². The van der Waals surface area contributed by atoms with Gasteiger partial charge in [-0.3, -0.25) is 4.90 Å². The van der Waals surface area contributed by atoms with Crippen molar-refractivity contribution in [2.24, 2.45) is 5.92 Å². The fourth-order valence-electron chi connectivity index (χ4n) is 3.28. The molecule has 0 atom stereocenters. The quantitative estimate of drug-likeness (QED) is 0.820. The lowest BCUT2D eigenvalue weighted by atomic mass is 9.74. The van der Waals surface area contributed by atoms with Crippen molar-refractivity contribution >= 4 is 0 Å². The molecule has 2 heteroatoms. The minimum absolute atomic E-state index is 0.168. The summed E-state index contributed by atoms with van der Waals surface area (Å²) in [5, 5.41) is 0. The molecule has 1 heterocycles. The third-order valence-corrected chi connectivity index (χ3v) is 4.54.